The van der Waals surface area contributed by atoms with Gasteiger partial charge >= 0.3 is 0 Å². The van der Waals surface area contributed by atoms with Crippen molar-refractivity contribution in [2.45, 2.75) is 87.4 Å². The fourth-order valence-corrected chi connectivity index (χ4v) is 7.31. The lowest BCUT2D eigenvalue weighted by molar-refractivity contribution is -0.138. The van der Waals surface area contributed by atoms with Crippen molar-refractivity contribution >= 4 is 21.6 Å². The molecule has 3 fully saturated rings. The molecular weight excluding hydrogens is 467 g/mol. The van der Waals surface area contributed by atoms with Crippen LogP contribution in [0.1, 0.15) is 56.9 Å². The predicted molar refractivity (Wildman–Crippen MR) is 124 cm³/mol. The molecule has 1 aromatic carbocycles. The summed E-state index contributed by atoms with van der Waals surface area (Å²) >= 11 is 0. The molecule has 0 radical (unpaired) electrons. The maximum Gasteiger partial charge on any atom is 0.248 e. The number of sulfonamides is 1. The number of amides is 1. The minimum atomic E-state index is -4.03. The third kappa shape index (κ3) is 5.08. The highest BCUT2D eigenvalue weighted by molar-refractivity contribution is 7.89. The Kier molecular flexibility index (Phi) is 7.20. The summed E-state index contributed by atoms with van der Waals surface area (Å²) in [6, 6.07) is 3.86. The number of carbonyl (C=O) groups excluding carboxylic acids is 1. The van der Waals surface area contributed by atoms with E-state index >= 15 is 0 Å². The first kappa shape index (κ1) is 25.3. The quantitative estimate of drug-likeness (QED) is 0.609. The highest BCUT2D eigenvalue weighted by Crippen LogP contribution is 2.37. The molecule has 1 saturated carbocycles. The monoisotopic (exact) mass is 501 g/mol. The fraction of sp³-hybridized carbons (Fsp3) is 0.708. The summed E-state index contributed by atoms with van der Waals surface area (Å²) < 4.78 is 70.2. The number of alkyl halides is 3. The van der Waals surface area contributed by atoms with Crippen molar-refractivity contribution < 1.29 is 26.4 Å². The smallest absolute Gasteiger partial charge is 0.248 e. The number of likely N-dealkylation sites (N-methyl/N-ethyl adjacent to an activating group) is 1. The molecule has 1 aliphatic carbocycles. The molecule has 0 spiro atoms. The molecule has 0 bridgehead atoms. The number of rotatable bonds is 5. The van der Waals surface area contributed by atoms with Crippen LogP contribution in [0.4, 0.5) is 18.9 Å². The number of aryl methyl sites for hydroxylation is 1. The van der Waals surface area contributed by atoms with Crippen molar-refractivity contribution in [2.24, 2.45) is 0 Å². The Balaban J connectivity index is 1.58. The average Bonchev–Trinajstić information content (AvgIpc) is 3.29. The molecule has 10 heteroatoms. The molecule has 1 unspecified atom stereocenters. The third-order valence-corrected chi connectivity index (χ3v) is 9.43. The first-order valence-electron chi connectivity index (χ1n) is 12.2. The van der Waals surface area contributed by atoms with Gasteiger partial charge in [-0.25, -0.2) is 21.6 Å². The summed E-state index contributed by atoms with van der Waals surface area (Å²) in [5.41, 5.74) is 1.35. The number of nitrogens with zero attached hydrogens (tertiary/aromatic N) is 3. The zero-order valence-corrected chi connectivity index (χ0v) is 20.7. The molecule has 4 rings (SSSR count). The van der Waals surface area contributed by atoms with Crippen LogP contribution in [0.2, 0.25) is 0 Å². The highest BCUT2D eigenvalue weighted by Gasteiger charge is 2.44. The lowest BCUT2D eigenvalue weighted by Gasteiger charge is -2.37. The zero-order valence-electron chi connectivity index (χ0n) is 19.9. The summed E-state index contributed by atoms with van der Waals surface area (Å²) in [4.78, 5) is 16.7. The van der Waals surface area contributed by atoms with Crippen LogP contribution in [-0.4, -0.2) is 74.4 Å². The number of benzene rings is 1. The van der Waals surface area contributed by atoms with Crippen molar-refractivity contribution in [1.29, 1.82) is 0 Å². The second-order valence-electron chi connectivity index (χ2n) is 9.97. The van der Waals surface area contributed by atoms with E-state index in [1.807, 2.05) is 6.92 Å². The van der Waals surface area contributed by atoms with Crippen LogP contribution in [0.15, 0.2) is 23.1 Å². The van der Waals surface area contributed by atoms with Crippen molar-refractivity contribution in [3.05, 3.63) is 23.8 Å². The van der Waals surface area contributed by atoms with Gasteiger partial charge in [-0.3, -0.25) is 4.79 Å². The van der Waals surface area contributed by atoms with Crippen LogP contribution < -0.4 is 4.90 Å². The lowest BCUT2D eigenvalue weighted by Crippen LogP contribution is -2.51. The summed E-state index contributed by atoms with van der Waals surface area (Å²) in [6.07, 6.45) is 0.915. The van der Waals surface area contributed by atoms with Gasteiger partial charge in [0.1, 0.15) is 17.1 Å². The minimum absolute atomic E-state index is 0.0897. The molecule has 190 valence electrons. The van der Waals surface area contributed by atoms with Gasteiger partial charge in [-0.15, -0.1) is 0 Å². The van der Waals surface area contributed by atoms with E-state index in [2.05, 4.69) is 0 Å². The summed E-state index contributed by atoms with van der Waals surface area (Å²) in [5, 5.41) is 0. The SMILES string of the molecule is Cc1ccc(S(=O)(=O)N2CCC[C@H]2C(=O)N(C)C2CCC(F)(F)CC2)c(N2CCCC(F)C2)c1. The number of hydrogen-bond donors (Lipinski definition) is 0. The third-order valence-electron chi connectivity index (χ3n) is 7.48. The molecule has 6 nitrogen and oxygen atoms in total. The Bertz CT molecular complexity index is 1010. The van der Waals surface area contributed by atoms with Crippen LogP contribution in [0, 0.1) is 6.92 Å². The van der Waals surface area contributed by atoms with Crippen LogP contribution in [0.5, 0.6) is 0 Å². The molecule has 1 amide bonds. The summed E-state index contributed by atoms with van der Waals surface area (Å²) in [6.45, 7) is 2.79. The van der Waals surface area contributed by atoms with Gasteiger partial charge in [-0.05, 0) is 63.1 Å². The van der Waals surface area contributed by atoms with Gasteiger partial charge in [0, 0.05) is 45.6 Å². The Morgan fingerprint density at radius 2 is 1.76 bits per heavy atom. The van der Waals surface area contributed by atoms with E-state index in [-0.39, 0.29) is 55.6 Å². The predicted octanol–water partition coefficient (Wildman–Crippen LogP) is 4.12. The van der Waals surface area contributed by atoms with Crippen molar-refractivity contribution in [2.75, 3.05) is 31.6 Å². The molecule has 2 heterocycles. The Morgan fingerprint density at radius 1 is 1.09 bits per heavy atom. The van der Waals surface area contributed by atoms with Gasteiger partial charge in [0.15, 0.2) is 0 Å². The van der Waals surface area contributed by atoms with Gasteiger partial charge in [0.2, 0.25) is 21.9 Å². The topological polar surface area (TPSA) is 60.9 Å². The number of halogens is 3. The van der Waals surface area contributed by atoms with E-state index in [1.165, 1.54) is 9.21 Å². The van der Waals surface area contributed by atoms with Crippen LogP contribution >= 0.6 is 0 Å². The Morgan fingerprint density at radius 3 is 2.44 bits per heavy atom. The molecule has 0 aromatic heterocycles. The number of carbonyl (C=O) groups is 1. The highest BCUT2D eigenvalue weighted by atomic mass is 32.2. The van der Waals surface area contributed by atoms with E-state index < -0.39 is 28.2 Å². The van der Waals surface area contributed by atoms with Gasteiger partial charge in [-0.2, -0.15) is 4.31 Å². The van der Waals surface area contributed by atoms with Crippen molar-refractivity contribution in [3.8, 4) is 0 Å². The summed E-state index contributed by atoms with van der Waals surface area (Å²) in [5.74, 6) is -3.04. The zero-order chi connectivity index (χ0) is 24.7. The maximum absolute atomic E-state index is 14.1. The largest absolute Gasteiger partial charge is 0.368 e. The number of anilines is 1. The molecule has 2 aliphatic heterocycles. The first-order valence-corrected chi connectivity index (χ1v) is 13.6. The van der Waals surface area contributed by atoms with E-state index in [4.69, 9.17) is 0 Å². The van der Waals surface area contributed by atoms with Gasteiger partial charge in [0.25, 0.3) is 0 Å². The number of hydrogen-bond acceptors (Lipinski definition) is 4. The van der Waals surface area contributed by atoms with Gasteiger partial charge in [-0.1, -0.05) is 6.07 Å². The standard InChI is InChI=1S/C24H34F3N3O3S/c1-17-7-8-22(21(15-17)29-13-3-5-18(25)16-29)34(32,33)30-14-4-6-20(30)23(31)28(2)19-9-11-24(26,27)12-10-19/h7-8,15,18-20H,3-6,9-14,16H2,1-2H3/t18?,20-/m0/s1. The van der Waals surface area contributed by atoms with Crippen LogP contribution in [0.3, 0.4) is 0 Å². The van der Waals surface area contributed by atoms with E-state index in [1.54, 1.807) is 30.1 Å². The average molecular weight is 502 g/mol. The Labute approximate surface area is 200 Å². The molecule has 3 aliphatic rings. The van der Waals surface area contributed by atoms with E-state index in [0.717, 1.165) is 5.56 Å². The van der Waals surface area contributed by atoms with E-state index in [0.29, 0.717) is 37.9 Å². The molecule has 2 saturated heterocycles. The van der Waals surface area contributed by atoms with Crippen molar-refractivity contribution in [3.63, 3.8) is 0 Å². The Hall–Kier alpha value is -1.81. The van der Waals surface area contributed by atoms with Gasteiger partial charge < -0.3 is 9.80 Å². The van der Waals surface area contributed by atoms with Gasteiger partial charge in [0.05, 0.1) is 5.69 Å². The van der Waals surface area contributed by atoms with Crippen LogP contribution in [-0.2, 0) is 14.8 Å². The maximum atomic E-state index is 14.1. The fourth-order valence-electron chi connectivity index (χ4n) is 5.46. The second-order valence-corrected chi connectivity index (χ2v) is 11.8. The lowest BCUT2D eigenvalue weighted by atomic mass is 9.91. The second kappa shape index (κ2) is 9.68. The van der Waals surface area contributed by atoms with Crippen molar-refractivity contribution in [1.82, 2.24) is 9.21 Å². The van der Waals surface area contributed by atoms with E-state index in [9.17, 15) is 26.4 Å². The van der Waals surface area contributed by atoms with Crippen LogP contribution in [0.25, 0.3) is 0 Å². The molecule has 34 heavy (non-hydrogen) atoms. The summed E-state index contributed by atoms with van der Waals surface area (Å²) in [7, 11) is -2.44. The molecule has 1 aromatic rings. The molecule has 0 N–H and O–H groups in total. The molecular formula is C24H34F3N3O3S. The first-order chi connectivity index (χ1) is 16.0. The normalized spacial score (nSPS) is 26.6. The molecule has 2 atom stereocenters. The number of piperidine rings is 1. The minimum Gasteiger partial charge on any atom is -0.368 e.